The number of carboxylic acids is 1. The predicted molar refractivity (Wildman–Crippen MR) is 113 cm³/mol. The first-order valence-corrected chi connectivity index (χ1v) is 9.11. The van der Waals surface area contributed by atoms with Crippen molar-refractivity contribution in [1.82, 2.24) is 0 Å². The van der Waals surface area contributed by atoms with Crippen molar-refractivity contribution in [3.8, 4) is 11.5 Å². The van der Waals surface area contributed by atoms with E-state index in [0.717, 1.165) is 11.1 Å². The summed E-state index contributed by atoms with van der Waals surface area (Å²) in [7, 11) is 1.58. The Morgan fingerprint density at radius 2 is 1.90 bits per heavy atom. The van der Waals surface area contributed by atoms with Gasteiger partial charge in [0.15, 0.2) is 11.5 Å². The number of carboxylic acid groups (broad SMARTS) is 1. The van der Waals surface area contributed by atoms with Crippen molar-refractivity contribution in [3.05, 3.63) is 88.4 Å². The lowest BCUT2D eigenvalue weighted by molar-refractivity contribution is 0.0697. The van der Waals surface area contributed by atoms with E-state index in [1.165, 1.54) is 12.1 Å². The Bertz CT molecular complexity index is 1020. The summed E-state index contributed by atoms with van der Waals surface area (Å²) < 4.78 is 11.2. The molecule has 0 unspecified atom stereocenters. The summed E-state index contributed by atoms with van der Waals surface area (Å²) in [6.45, 7) is 0.415. The van der Waals surface area contributed by atoms with Crippen LogP contribution in [0.25, 0.3) is 0 Å². The maximum atomic E-state index is 11.2. The van der Waals surface area contributed by atoms with Gasteiger partial charge in [-0.2, -0.15) is 5.10 Å². The molecule has 0 saturated heterocycles. The highest BCUT2D eigenvalue weighted by molar-refractivity contribution is 6.33. The van der Waals surface area contributed by atoms with Crippen LogP contribution in [0, 0.1) is 0 Å². The van der Waals surface area contributed by atoms with Crippen LogP contribution in [0.2, 0.25) is 5.02 Å². The van der Waals surface area contributed by atoms with Gasteiger partial charge in [-0.3, -0.25) is 5.43 Å². The minimum atomic E-state index is -1.10. The van der Waals surface area contributed by atoms with E-state index in [-0.39, 0.29) is 10.6 Å². The lowest BCUT2D eigenvalue weighted by Gasteiger charge is -2.11. The van der Waals surface area contributed by atoms with E-state index in [1.54, 1.807) is 25.5 Å². The number of ether oxygens (including phenoxy) is 2. The van der Waals surface area contributed by atoms with Crippen LogP contribution in [-0.2, 0) is 6.61 Å². The zero-order valence-electron chi connectivity index (χ0n) is 15.6. The Hall–Kier alpha value is -3.51. The summed E-state index contributed by atoms with van der Waals surface area (Å²) in [5, 5.41) is 13.4. The Morgan fingerprint density at radius 3 is 2.62 bits per heavy atom. The van der Waals surface area contributed by atoms with Gasteiger partial charge in [0.2, 0.25) is 0 Å². The smallest absolute Gasteiger partial charge is 0.337 e. The normalized spacial score (nSPS) is 10.7. The molecule has 148 valence electrons. The number of rotatable bonds is 8. The first kappa shape index (κ1) is 20.2. The van der Waals surface area contributed by atoms with E-state index in [2.05, 4.69) is 10.5 Å². The molecule has 0 spiro atoms. The van der Waals surface area contributed by atoms with E-state index in [9.17, 15) is 4.79 Å². The zero-order valence-corrected chi connectivity index (χ0v) is 16.4. The molecule has 0 amide bonds. The van der Waals surface area contributed by atoms with Crippen LogP contribution in [0.1, 0.15) is 21.5 Å². The van der Waals surface area contributed by atoms with Gasteiger partial charge >= 0.3 is 5.97 Å². The molecule has 0 aromatic heterocycles. The Labute approximate surface area is 173 Å². The fraction of sp³-hybridized carbons (Fsp3) is 0.0909. The second-order valence-electron chi connectivity index (χ2n) is 6.05. The maximum absolute atomic E-state index is 11.2. The molecule has 3 rings (SSSR count). The van der Waals surface area contributed by atoms with Gasteiger partial charge in [-0.05, 0) is 47.5 Å². The second kappa shape index (κ2) is 9.61. The minimum absolute atomic E-state index is 0.00733. The molecule has 0 bridgehead atoms. The SMILES string of the molecule is COc1ccc(/C=N/Nc2ccc(Cl)c(C(=O)O)c2)cc1OCc1ccccc1. The molecule has 0 atom stereocenters. The molecule has 7 heteroatoms. The minimum Gasteiger partial charge on any atom is -0.493 e. The summed E-state index contributed by atoms with van der Waals surface area (Å²) in [6.07, 6.45) is 1.60. The number of nitrogens with zero attached hydrogens (tertiary/aromatic N) is 1. The number of hydrogen-bond donors (Lipinski definition) is 2. The maximum Gasteiger partial charge on any atom is 0.337 e. The molecule has 6 nitrogen and oxygen atoms in total. The van der Waals surface area contributed by atoms with Crippen molar-refractivity contribution in [2.75, 3.05) is 12.5 Å². The van der Waals surface area contributed by atoms with Crippen LogP contribution < -0.4 is 14.9 Å². The molecule has 3 aromatic rings. The van der Waals surface area contributed by atoms with Crippen molar-refractivity contribution >= 4 is 29.5 Å². The quantitative estimate of drug-likeness (QED) is 0.400. The van der Waals surface area contributed by atoms with Gasteiger partial charge in [-0.25, -0.2) is 4.79 Å². The summed E-state index contributed by atoms with van der Waals surface area (Å²) in [5.74, 6) is 0.118. The third-order valence-electron chi connectivity index (χ3n) is 4.03. The zero-order chi connectivity index (χ0) is 20.6. The number of carbonyl (C=O) groups is 1. The average molecular weight is 411 g/mol. The number of hydrazone groups is 1. The van der Waals surface area contributed by atoms with Crippen LogP contribution in [0.4, 0.5) is 5.69 Å². The molecular formula is C22H19ClN2O4. The third kappa shape index (κ3) is 5.49. The number of anilines is 1. The molecule has 0 fully saturated rings. The molecule has 0 saturated carbocycles. The molecule has 2 N–H and O–H groups in total. The van der Waals surface area contributed by atoms with Crippen molar-refractivity contribution in [1.29, 1.82) is 0 Å². The van der Waals surface area contributed by atoms with Crippen LogP contribution in [0.15, 0.2) is 71.8 Å². The van der Waals surface area contributed by atoms with Gasteiger partial charge in [-0.15, -0.1) is 0 Å². The molecule has 3 aromatic carbocycles. The van der Waals surface area contributed by atoms with Crippen LogP contribution in [-0.4, -0.2) is 24.4 Å². The Morgan fingerprint density at radius 1 is 1.10 bits per heavy atom. The van der Waals surface area contributed by atoms with Crippen molar-refractivity contribution < 1.29 is 19.4 Å². The van der Waals surface area contributed by atoms with Crippen LogP contribution in [0.3, 0.4) is 0 Å². The number of methoxy groups -OCH3 is 1. The number of benzene rings is 3. The highest BCUT2D eigenvalue weighted by Crippen LogP contribution is 2.28. The summed E-state index contributed by atoms with van der Waals surface area (Å²) in [6, 6.07) is 19.9. The van der Waals surface area contributed by atoms with Crippen LogP contribution in [0.5, 0.6) is 11.5 Å². The van der Waals surface area contributed by atoms with Gasteiger partial charge < -0.3 is 14.6 Å². The number of aromatic carboxylic acids is 1. The standard InChI is InChI=1S/C22H19ClN2O4/c1-28-20-10-7-16(11-21(20)29-14-15-5-3-2-4-6-15)13-24-25-17-8-9-19(23)18(12-17)22(26)27/h2-13,25H,14H2,1H3,(H,26,27)/b24-13+. The number of nitrogens with one attached hydrogen (secondary N) is 1. The topological polar surface area (TPSA) is 80.2 Å². The Balaban J connectivity index is 1.70. The van der Waals surface area contributed by atoms with Gasteiger partial charge in [-0.1, -0.05) is 41.9 Å². The first-order valence-electron chi connectivity index (χ1n) is 8.73. The van der Waals surface area contributed by atoms with Crippen LogP contribution >= 0.6 is 11.6 Å². The van der Waals surface area contributed by atoms with Gasteiger partial charge in [0.05, 0.1) is 29.6 Å². The molecule has 0 heterocycles. The summed E-state index contributed by atoms with van der Waals surface area (Å²) in [5.41, 5.74) is 5.15. The predicted octanol–water partition coefficient (Wildman–Crippen LogP) is 5.07. The third-order valence-corrected chi connectivity index (χ3v) is 4.36. The second-order valence-corrected chi connectivity index (χ2v) is 6.46. The molecule has 0 radical (unpaired) electrons. The van der Waals surface area contributed by atoms with Gasteiger partial charge in [0, 0.05) is 0 Å². The van der Waals surface area contributed by atoms with E-state index in [1.807, 2.05) is 42.5 Å². The van der Waals surface area contributed by atoms with Gasteiger partial charge in [0.25, 0.3) is 0 Å². The molecule has 0 aliphatic rings. The van der Waals surface area contributed by atoms with E-state index >= 15 is 0 Å². The molecule has 0 aliphatic carbocycles. The van der Waals surface area contributed by atoms with Gasteiger partial charge in [0.1, 0.15) is 6.61 Å². The lowest BCUT2D eigenvalue weighted by Crippen LogP contribution is -2.00. The first-order chi connectivity index (χ1) is 14.1. The Kier molecular flexibility index (Phi) is 6.71. The molecule has 29 heavy (non-hydrogen) atoms. The highest BCUT2D eigenvalue weighted by Gasteiger charge is 2.09. The monoisotopic (exact) mass is 410 g/mol. The average Bonchev–Trinajstić information content (AvgIpc) is 2.74. The number of hydrogen-bond acceptors (Lipinski definition) is 5. The van der Waals surface area contributed by atoms with Crippen molar-refractivity contribution in [2.24, 2.45) is 5.10 Å². The highest BCUT2D eigenvalue weighted by atomic mass is 35.5. The van der Waals surface area contributed by atoms with E-state index in [0.29, 0.717) is 23.8 Å². The molecular weight excluding hydrogens is 392 g/mol. The summed E-state index contributed by atoms with van der Waals surface area (Å²) >= 11 is 5.87. The fourth-order valence-corrected chi connectivity index (χ4v) is 2.76. The lowest BCUT2D eigenvalue weighted by atomic mass is 10.2. The number of halogens is 1. The largest absolute Gasteiger partial charge is 0.493 e. The van der Waals surface area contributed by atoms with E-state index in [4.69, 9.17) is 26.2 Å². The fourth-order valence-electron chi connectivity index (χ4n) is 2.56. The summed E-state index contributed by atoms with van der Waals surface area (Å²) in [4.78, 5) is 11.2. The van der Waals surface area contributed by atoms with Crippen molar-refractivity contribution in [2.45, 2.75) is 6.61 Å². The molecule has 0 aliphatic heterocycles. The van der Waals surface area contributed by atoms with E-state index < -0.39 is 5.97 Å². The van der Waals surface area contributed by atoms with Crippen molar-refractivity contribution in [3.63, 3.8) is 0 Å².